The maximum absolute atomic E-state index is 13.4. The van der Waals surface area contributed by atoms with Crippen molar-refractivity contribution < 1.29 is 24.2 Å². The molecular formula is C28H34N2O5. The molecule has 1 fully saturated rings. The number of alkyl carbamates (subject to hydrolysis) is 1. The van der Waals surface area contributed by atoms with E-state index in [2.05, 4.69) is 29.6 Å². The number of likely N-dealkylation sites (tertiary alicyclic amines) is 1. The summed E-state index contributed by atoms with van der Waals surface area (Å²) in [6.45, 7) is 4.55. The van der Waals surface area contributed by atoms with Gasteiger partial charge in [-0.25, -0.2) is 4.79 Å². The number of carbonyl (C=O) groups is 3. The third kappa shape index (κ3) is 5.50. The average Bonchev–Trinajstić information content (AvgIpc) is 3.18. The minimum absolute atomic E-state index is 0.0284. The molecule has 2 N–H and O–H groups in total. The molecule has 35 heavy (non-hydrogen) atoms. The van der Waals surface area contributed by atoms with Crippen molar-refractivity contribution in [3.8, 4) is 11.1 Å². The molecule has 1 aliphatic carbocycles. The van der Waals surface area contributed by atoms with Crippen molar-refractivity contribution in [2.45, 2.75) is 64.0 Å². The number of aliphatic carboxylic acids is 1. The lowest BCUT2D eigenvalue weighted by atomic mass is 9.95. The van der Waals surface area contributed by atoms with E-state index in [1.807, 2.05) is 38.1 Å². The molecule has 2 atom stereocenters. The van der Waals surface area contributed by atoms with Gasteiger partial charge in [-0.15, -0.1) is 0 Å². The Hall–Kier alpha value is -3.35. The third-order valence-corrected chi connectivity index (χ3v) is 7.15. The minimum Gasteiger partial charge on any atom is -0.481 e. The van der Waals surface area contributed by atoms with Gasteiger partial charge in [-0.2, -0.15) is 0 Å². The molecule has 1 aliphatic heterocycles. The van der Waals surface area contributed by atoms with Gasteiger partial charge in [-0.05, 0) is 53.9 Å². The van der Waals surface area contributed by atoms with Gasteiger partial charge in [0.15, 0.2) is 0 Å². The monoisotopic (exact) mass is 478 g/mol. The van der Waals surface area contributed by atoms with Gasteiger partial charge in [0.25, 0.3) is 0 Å². The molecule has 0 radical (unpaired) electrons. The molecule has 1 saturated heterocycles. The average molecular weight is 479 g/mol. The fraction of sp³-hybridized carbons (Fsp3) is 0.464. The molecular weight excluding hydrogens is 444 g/mol. The number of nitrogens with zero attached hydrogens (tertiary/aromatic N) is 1. The molecule has 2 aromatic carbocycles. The highest BCUT2D eigenvalue weighted by atomic mass is 16.5. The van der Waals surface area contributed by atoms with Crippen LogP contribution in [-0.2, 0) is 14.3 Å². The van der Waals surface area contributed by atoms with Crippen LogP contribution in [0.15, 0.2) is 48.5 Å². The van der Waals surface area contributed by atoms with Gasteiger partial charge < -0.3 is 20.1 Å². The number of nitrogens with one attached hydrogen (secondary N) is 1. The maximum Gasteiger partial charge on any atom is 0.407 e. The number of carbonyl (C=O) groups excluding carboxylic acids is 2. The number of ether oxygens (including phenoxy) is 1. The van der Waals surface area contributed by atoms with Gasteiger partial charge in [0, 0.05) is 24.9 Å². The molecule has 2 unspecified atom stereocenters. The van der Waals surface area contributed by atoms with Gasteiger partial charge in [0.2, 0.25) is 5.91 Å². The fourth-order valence-corrected chi connectivity index (χ4v) is 5.34. The van der Waals surface area contributed by atoms with Crippen molar-refractivity contribution in [2.24, 2.45) is 5.92 Å². The summed E-state index contributed by atoms with van der Waals surface area (Å²) in [5.74, 6) is -1.21. The number of carboxylic acid groups (broad SMARTS) is 1. The molecule has 2 aliphatic rings. The molecule has 2 amide bonds. The van der Waals surface area contributed by atoms with E-state index in [1.54, 1.807) is 4.90 Å². The van der Waals surface area contributed by atoms with Crippen molar-refractivity contribution in [3.05, 3.63) is 59.7 Å². The molecule has 1 heterocycles. The van der Waals surface area contributed by atoms with E-state index in [0.29, 0.717) is 13.0 Å². The first-order chi connectivity index (χ1) is 16.9. The maximum atomic E-state index is 13.4. The highest BCUT2D eigenvalue weighted by Crippen LogP contribution is 2.44. The van der Waals surface area contributed by atoms with E-state index in [9.17, 15) is 14.4 Å². The van der Waals surface area contributed by atoms with Gasteiger partial charge in [-0.1, -0.05) is 62.4 Å². The summed E-state index contributed by atoms with van der Waals surface area (Å²) >= 11 is 0. The number of carboxylic acids is 1. The second kappa shape index (κ2) is 10.9. The summed E-state index contributed by atoms with van der Waals surface area (Å²) in [6.07, 6.45) is 2.48. The summed E-state index contributed by atoms with van der Waals surface area (Å²) in [5, 5.41) is 11.9. The van der Waals surface area contributed by atoms with Crippen molar-refractivity contribution >= 4 is 18.0 Å². The second-order valence-corrected chi connectivity index (χ2v) is 9.81. The first-order valence-corrected chi connectivity index (χ1v) is 12.5. The van der Waals surface area contributed by atoms with Crippen LogP contribution in [0, 0.1) is 5.92 Å². The second-order valence-electron chi connectivity index (χ2n) is 9.81. The predicted octanol–water partition coefficient (Wildman–Crippen LogP) is 4.80. The third-order valence-electron chi connectivity index (χ3n) is 7.15. The first-order valence-electron chi connectivity index (χ1n) is 12.5. The summed E-state index contributed by atoms with van der Waals surface area (Å²) < 4.78 is 5.67. The van der Waals surface area contributed by atoms with Crippen molar-refractivity contribution in [2.75, 3.05) is 13.2 Å². The molecule has 7 nitrogen and oxygen atoms in total. The molecule has 0 spiro atoms. The van der Waals surface area contributed by atoms with E-state index >= 15 is 0 Å². The highest BCUT2D eigenvalue weighted by molar-refractivity contribution is 5.86. The van der Waals surface area contributed by atoms with Crippen LogP contribution in [0.25, 0.3) is 11.1 Å². The van der Waals surface area contributed by atoms with E-state index in [0.717, 1.165) is 41.5 Å². The van der Waals surface area contributed by atoms with Crippen LogP contribution in [0.3, 0.4) is 0 Å². The van der Waals surface area contributed by atoms with Gasteiger partial charge in [0.1, 0.15) is 12.6 Å². The van der Waals surface area contributed by atoms with Crippen LogP contribution in [0.4, 0.5) is 4.79 Å². The Bertz CT molecular complexity index is 1040. The van der Waals surface area contributed by atoms with Crippen LogP contribution >= 0.6 is 0 Å². The summed E-state index contributed by atoms with van der Waals surface area (Å²) in [4.78, 5) is 39.1. The summed E-state index contributed by atoms with van der Waals surface area (Å²) in [5.41, 5.74) is 4.58. The van der Waals surface area contributed by atoms with Crippen LogP contribution in [0.1, 0.15) is 63.0 Å². The topological polar surface area (TPSA) is 95.9 Å². The molecule has 0 aromatic heterocycles. The number of hydrogen-bond donors (Lipinski definition) is 2. The van der Waals surface area contributed by atoms with Crippen LogP contribution in [0.2, 0.25) is 0 Å². The summed E-state index contributed by atoms with van der Waals surface area (Å²) in [6, 6.07) is 15.5. The largest absolute Gasteiger partial charge is 0.481 e. The molecule has 4 rings (SSSR count). The number of rotatable bonds is 8. The zero-order chi connectivity index (χ0) is 24.9. The number of hydrogen-bond acceptors (Lipinski definition) is 4. The lowest BCUT2D eigenvalue weighted by Crippen LogP contribution is -2.55. The molecule has 0 bridgehead atoms. The zero-order valence-electron chi connectivity index (χ0n) is 20.4. The van der Waals surface area contributed by atoms with E-state index < -0.39 is 18.1 Å². The van der Waals surface area contributed by atoms with Gasteiger partial charge in [0.05, 0.1) is 0 Å². The molecule has 0 saturated carbocycles. The number of amides is 2. The van der Waals surface area contributed by atoms with Gasteiger partial charge in [-0.3, -0.25) is 9.59 Å². The van der Waals surface area contributed by atoms with Crippen LogP contribution < -0.4 is 5.32 Å². The lowest BCUT2D eigenvalue weighted by Gasteiger charge is -2.38. The molecule has 186 valence electrons. The van der Waals surface area contributed by atoms with Crippen molar-refractivity contribution in [1.82, 2.24) is 10.2 Å². The minimum atomic E-state index is -0.861. The zero-order valence-corrected chi connectivity index (χ0v) is 20.4. The van der Waals surface area contributed by atoms with E-state index in [4.69, 9.17) is 9.84 Å². The Balaban J connectivity index is 1.41. The Labute approximate surface area is 206 Å². The quantitative estimate of drug-likeness (QED) is 0.568. The Kier molecular flexibility index (Phi) is 7.73. The standard InChI is InChI=1S/C28H34N2O5/c1-18(2)26(27(33)30-16-8-7-9-19(30)14-15-25(31)32)29-28(34)35-17-24-22-12-5-3-10-20(22)21-11-4-6-13-23(21)24/h3-6,10-13,18-19,24,26H,7-9,14-17H2,1-2H3,(H,29,34)(H,31,32). The molecule has 7 heteroatoms. The van der Waals surface area contributed by atoms with E-state index in [1.165, 1.54) is 0 Å². The Morgan fingerprint density at radius 1 is 1.03 bits per heavy atom. The number of benzene rings is 2. The SMILES string of the molecule is CC(C)C(NC(=O)OCC1c2ccccc2-c2ccccc21)C(=O)N1CCCCC1CCC(=O)O. The first kappa shape index (κ1) is 24.8. The summed E-state index contributed by atoms with van der Waals surface area (Å²) in [7, 11) is 0. The lowest BCUT2D eigenvalue weighted by molar-refractivity contribution is -0.141. The number of piperidine rings is 1. The van der Waals surface area contributed by atoms with E-state index in [-0.39, 0.29) is 36.8 Å². The Morgan fingerprint density at radius 3 is 2.26 bits per heavy atom. The normalized spacial score (nSPS) is 18.0. The fourth-order valence-electron chi connectivity index (χ4n) is 5.34. The predicted molar refractivity (Wildman–Crippen MR) is 133 cm³/mol. The number of fused-ring (bicyclic) bond motifs is 3. The Morgan fingerprint density at radius 2 is 1.66 bits per heavy atom. The van der Waals surface area contributed by atoms with Crippen LogP contribution in [-0.4, -0.2) is 53.2 Å². The van der Waals surface area contributed by atoms with Gasteiger partial charge >= 0.3 is 12.1 Å². The van der Waals surface area contributed by atoms with Crippen molar-refractivity contribution in [1.29, 1.82) is 0 Å². The van der Waals surface area contributed by atoms with Crippen molar-refractivity contribution in [3.63, 3.8) is 0 Å². The highest BCUT2D eigenvalue weighted by Gasteiger charge is 2.35. The van der Waals surface area contributed by atoms with Crippen LogP contribution in [0.5, 0.6) is 0 Å². The smallest absolute Gasteiger partial charge is 0.407 e. The molecule has 2 aromatic rings.